The van der Waals surface area contributed by atoms with E-state index in [1.165, 1.54) is 7.11 Å². The van der Waals surface area contributed by atoms with Crippen LogP contribution in [0.4, 0.5) is 5.82 Å². The second kappa shape index (κ2) is 10.2. The van der Waals surface area contributed by atoms with Crippen molar-refractivity contribution in [1.82, 2.24) is 14.9 Å². The number of nitrogens with zero attached hydrogens (tertiary/aromatic N) is 3. The molecule has 7 heteroatoms. The molecule has 1 N–H and O–H groups in total. The molecular formula is C27H26N4O3. The van der Waals surface area contributed by atoms with Crippen LogP contribution in [-0.2, 0) is 16.1 Å². The molecule has 0 saturated carbocycles. The lowest BCUT2D eigenvalue weighted by atomic mass is 9.94. The van der Waals surface area contributed by atoms with Crippen molar-refractivity contribution in [1.29, 1.82) is 0 Å². The monoisotopic (exact) mass is 454 g/mol. The minimum absolute atomic E-state index is 0.103. The summed E-state index contributed by atoms with van der Waals surface area (Å²) in [6.07, 6.45) is 0. The van der Waals surface area contributed by atoms with E-state index < -0.39 is 5.97 Å². The number of fused-ring (bicyclic) bond motifs is 1. The third-order valence-corrected chi connectivity index (χ3v) is 5.41. The smallest absolute Gasteiger partial charge is 0.340 e. The van der Waals surface area contributed by atoms with E-state index in [0.29, 0.717) is 17.1 Å². The van der Waals surface area contributed by atoms with E-state index >= 15 is 0 Å². The zero-order valence-electron chi connectivity index (χ0n) is 19.4. The van der Waals surface area contributed by atoms with Crippen LogP contribution >= 0.6 is 0 Å². The van der Waals surface area contributed by atoms with Crippen molar-refractivity contribution in [2.45, 2.75) is 13.5 Å². The first-order chi connectivity index (χ1) is 16.5. The lowest BCUT2D eigenvalue weighted by molar-refractivity contribution is -0.117. The van der Waals surface area contributed by atoms with Crippen molar-refractivity contribution >= 4 is 28.6 Å². The van der Waals surface area contributed by atoms with Gasteiger partial charge in [-0.15, -0.1) is 0 Å². The van der Waals surface area contributed by atoms with Gasteiger partial charge in [0.25, 0.3) is 0 Å². The Labute approximate surface area is 198 Å². The van der Waals surface area contributed by atoms with Crippen LogP contribution in [0.15, 0.2) is 72.8 Å². The highest BCUT2D eigenvalue weighted by Gasteiger charge is 2.24. The van der Waals surface area contributed by atoms with Crippen molar-refractivity contribution in [3.05, 3.63) is 89.7 Å². The van der Waals surface area contributed by atoms with Gasteiger partial charge in [-0.1, -0.05) is 54.6 Å². The highest BCUT2D eigenvalue weighted by Crippen LogP contribution is 2.34. The molecular weight excluding hydrogens is 428 g/mol. The van der Waals surface area contributed by atoms with Crippen LogP contribution < -0.4 is 5.32 Å². The first kappa shape index (κ1) is 23.1. The summed E-state index contributed by atoms with van der Waals surface area (Å²) in [6.45, 7) is 2.25. The molecule has 4 rings (SSSR count). The molecule has 7 nitrogen and oxygen atoms in total. The zero-order chi connectivity index (χ0) is 24.1. The standard InChI is InChI=1S/C27H26N4O3/c1-18-10-9-15-23(28-18)30-24(32)17-31(2)16-22-26(27(33)34-3)25(19-11-5-4-6-12-19)20-13-7-8-14-21(20)29-22/h4-15H,16-17H2,1-3H3,(H,28,30,32). The van der Waals surface area contributed by atoms with Crippen molar-refractivity contribution < 1.29 is 14.3 Å². The van der Waals surface area contributed by atoms with Gasteiger partial charge in [0.2, 0.25) is 5.91 Å². The number of carbonyl (C=O) groups excluding carboxylic acids is 2. The van der Waals surface area contributed by atoms with E-state index in [0.717, 1.165) is 27.7 Å². The van der Waals surface area contributed by atoms with Gasteiger partial charge in [0.05, 0.1) is 30.4 Å². The third-order valence-electron chi connectivity index (χ3n) is 5.41. The molecule has 172 valence electrons. The Bertz CT molecular complexity index is 1340. The lowest BCUT2D eigenvalue weighted by Crippen LogP contribution is -2.31. The van der Waals surface area contributed by atoms with Crippen molar-refractivity contribution in [3.8, 4) is 11.1 Å². The van der Waals surface area contributed by atoms with Gasteiger partial charge in [0.15, 0.2) is 0 Å². The summed E-state index contributed by atoms with van der Waals surface area (Å²) in [6, 6.07) is 22.9. The second-order valence-corrected chi connectivity index (χ2v) is 8.07. The van der Waals surface area contributed by atoms with Gasteiger partial charge in [-0.2, -0.15) is 0 Å². The summed E-state index contributed by atoms with van der Waals surface area (Å²) in [4.78, 5) is 36.5. The van der Waals surface area contributed by atoms with Gasteiger partial charge in [-0.3, -0.25) is 14.7 Å². The van der Waals surface area contributed by atoms with E-state index in [1.54, 1.807) is 6.07 Å². The number of para-hydroxylation sites is 1. The first-order valence-corrected chi connectivity index (χ1v) is 10.9. The molecule has 2 aromatic carbocycles. The molecule has 2 heterocycles. The summed E-state index contributed by atoms with van der Waals surface area (Å²) < 4.78 is 5.16. The molecule has 0 saturated heterocycles. The molecule has 4 aromatic rings. The number of anilines is 1. The Morgan fingerprint density at radius 3 is 2.41 bits per heavy atom. The number of likely N-dealkylation sites (N-methyl/N-ethyl adjacent to an activating group) is 1. The summed E-state index contributed by atoms with van der Waals surface area (Å²) in [7, 11) is 3.17. The van der Waals surface area contributed by atoms with Gasteiger partial charge in [0, 0.05) is 23.2 Å². The first-order valence-electron chi connectivity index (χ1n) is 10.9. The fourth-order valence-corrected chi connectivity index (χ4v) is 3.96. The van der Waals surface area contributed by atoms with Crippen LogP contribution in [-0.4, -0.2) is 47.4 Å². The minimum atomic E-state index is -0.464. The van der Waals surface area contributed by atoms with Crippen LogP contribution in [0.2, 0.25) is 0 Å². The maximum atomic E-state index is 13.0. The molecule has 0 fully saturated rings. The number of hydrogen-bond acceptors (Lipinski definition) is 6. The van der Waals surface area contributed by atoms with E-state index in [2.05, 4.69) is 10.3 Å². The quantitative estimate of drug-likeness (QED) is 0.415. The molecule has 0 atom stereocenters. The predicted octanol–water partition coefficient (Wildman–Crippen LogP) is 4.46. The number of ether oxygens (including phenoxy) is 1. The minimum Gasteiger partial charge on any atom is -0.465 e. The molecule has 34 heavy (non-hydrogen) atoms. The molecule has 0 aliphatic rings. The number of hydrogen-bond donors (Lipinski definition) is 1. The molecule has 0 radical (unpaired) electrons. The Morgan fingerprint density at radius 2 is 1.68 bits per heavy atom. The maximum absolute atomic E-state index is 13.0. The number of aromatic nitrogens is 2. The zero-order valence-corrected chi connectivity index (χ0v) is 19.4. The number of aryl methyl sites for hydroxylation is 1. The van der Waals surface area contributed by atoms with Crippen molar-refractivity contribution in [2.24, 2.45) is 0 Å². The number of esters is 1. The van der Waals surface area contributed by atoms with Gasteiger partial charge < -0.3 is 10.1 Å². The van der Waals surface area contributed by atoms with Crippen molar-refractivity contribution in [3.63, 3.8) is 0 Å². The highest BCUT2D eigenvalue weighted by atomic mass is 16.5. The summed E-state index contributed by atoms with van der Waals surface area (Å²) >= 11 is 0. The molecule has 0 spiro atoms. The average Bonchev–Trinajstić information content (AvgIpc) is 2.83. The van der Waals surface area contributed by atoms with E-state index in [-0.39, 0.29) is 19.0 Å². The average molecular weight is 455 g/mol. The van der Waals surface area contributed by atoms with Crippen LogP contribution in [0.1, 0.15) is 21.7 Å². The number of nitrogens with one attached hydrogen (secondary N) is 1. The molecule has 0 aliphatic heterocycles. The van der Waals surface area contributed by atoms with Crippen LogP contribution in [0.25, 0.3) is 22.0 Å². The summed E-state index contributed by atoms with van der Waals surface area (Å²) in [5.41, 5.74) is 4.21. The van der Waals surface area contributed by atoms with Crippen molar-refractivity contribution in [2.75, 3.05) is 26.0 Å². The fourth-order valence-electron chi connectivity index (χ4n) is 3.96. The van der Waals surface area contributed by atoms with Gasteiger partial charge in [-0.05, 0) is 37.7 Å². The van der Waals surface area contributed by atoms with Gasteiger partial charge in [-0.25, -0.2) is 9.78 Å². The topological polar surface area (TPSA) is 84.4 Å². The molecule has 1 amide bonds. The van der Waals surface area contributed by atoms with E-state index in [1.807, 2.05) is 85.6 Å². The largest absolute Gasteiger partial charge is 0.465 e. The van der Waals surface area contributed by atoms with Crippen LogP contribution in [0.3, 0.4) is 0 Å². The molecule has 2 aromatic heterocycles. The highest BCUT2D eigenvalue weighted by molar-refractivity contribution is 6.07. The maximum Gasteiger partial charge on any atom is 0.340 e. The number of pyridine rings is 2. The second-order valence-electron chi connectivity index (χ2n) is 8.07. The molecule has 0 unspecified atom stereocenters. The normalized spacial score (nSPS) is 10.9. The van der Waals surface area contributed by atoms with Crippen LogP contribution in [0, 0.1) is 6.92 Å². The molecule has 0 bridgehead atoms. The number of methoxy groups -OCH3 is 1. The number of carbonyl (C=O) groups is 2. The number of benzene rings is 2. The van der Waals surface area contributed by atoms with Gasteiger partial charge >= 0.3 is 5.97 Å². The van der Waals surface area contributed by atoms with E-state index in [4.69, 9.17) is 9.72 Å². The Balaban J connectivity index is 1.69. The van der Waals surface area contributed by atoms with E-state index in [9.17, 15) is 9.59 Å². The summed E-state index contributed by atoms with van der Waals surface area (Å²) in [5.74, 6) is -0.165. The molecule has 0 aliphatic carbocycles. The van der Waals surface area contributed by atoms with Gasteiger partial charge in [0.1, 0.15) is 5.82 Å². The summed E-state index contributed by atoms with van der Waals surface area (Å²) in [5, 5.41) is 3.68. The predicted molar refractivity (Wildman–Crippen MR) is 132 cm³/mol. The Morgan fingerprint density at radius 1 is 0.941 bits per heavy atom. The fraction of sp³-hybridized carbons (Fsp3) is 0.185. The lowest BCUT2D eigenvalue weighted by Gasteiger charge is -2.20. The van der Waals surface area contributed by atoms with Crippen LogP contribution in [0.5, 0.6) is 0 Å². The number of amides is 1. The SMILES string of the molecule is COC(=O)c1c(CN(C)CC(=O)Nc2cccc(C)n2)nc2ccccc2c1-c1ccccc1. The Hall–Kier alpha value is -4.10. The third kappa shape index (κ3) is 5.10. The number of rotatable bonds is 7. The Kier molecular flexibility index (Phi) is 6.94.